The maximum atomic E-state index is 11.9. The van der Waals surface area contributed by atoms with Crippen LogP contribution in [-0.4, -0.2) is 17.4 Å². The van der Waals surface area contributed by atoms with Gasteiger partial charge in [-0.2, -0.15) is 0 Å². The number of carbonyl (C=O) groups excluding carboxylic acids is 1. The number of benzene rings is 1. The lowest BCUT2D eigenvalue weighted by atomic mass is 10.1. The first-order valence-corrected chi connectivity index (χ1v) is 5.68. The Bertz CT molecular complexity index is 586. The highest BCUT2D eigenvalue weighted by Crippen LogP contribution is 2.24. The SMILES string of the molecule is C=CCNC(=O)c1[nH]c2ccc(Cl)cc2c1C. The lowest BCUT2D eigenvalue weighted by Gasteiger charge is -2.00. The van der Waals surface area contributed by atoms with Gasteiger partial charge in [-0.3, -0.25) is 4.79 Å². The van der Waals surface area contributed by atoms with Gasteiger partial charge >= 0.3 is 0 Å². The summed E-state index contributed by atoms with van der Waals surface area (Å²) < 4.78 is 0. The van der Waals surface area contributed by atoms with E-state index in [1.807, 2.05) is 19.1 Å². The lowest BCUT2D eigenvalue weighted by Crippen LogP contribution is -2.24. The summed E-state index contributed by atoms with van der Waals surface area (Å²) in [4.78, 5) is 15.0. The molecular formula is C13H13ClN2O. The molecule has 3 nitrogen and oxygen atoms in total. The summed E-state index contributed by atoms with van der Waals surface area (Å²) in [5.41, 5.74) is 2.39. The van der Waals surface area contributed by atoms with E-state index in [9.17, 15) is 4.79 Å². The van der Waals surface area contributed by atoms with Crippen molar-refractivity contribution in [3.05, 3.63) is 47.1 Å². The molecule has 2 rings (SSSR count). The first-order valence-electron chi connectivity index (χ1n) is 5.30. The minimum absolute atomic E-state index is 0.130. The number of aromatic amines is 1. The summed E-state index contributed by atoms with van der Waals surface area (Å²) in [6.45, 7) is 5.91. The quantitative estimate of drug-likeness (QED) is 0.806. The Morgan fingerprint density at radius 2 is 2.35 bits per heavy atom. The zero-order valence-electron chi connectivity index (χ0n) is 9.51. The third-order valence-electron chi connectivity index (χ3n) is 2.65. The molecule has 0 fully saturated rings. The molecule has 1 aromatic carbocycles. The molecule has 0 aliphatic carbocycles. The second-order valence-corrected chi connectivity index (χ2v) is 4.25. The summed E-state index contributed by atoms with van der Waals surface area (Å²) >= 11 is 5.94. The Morgan fingerprint density at radius 1 is 1.59 bits per heavy atom. The molecule has 0 aliphatic heterocycles. The first kappa shape index (κ1) is 11.7. The van der Waals surface area contributed by atoms with Gasteiger partial charge in [0.15, 0.2) is 0 Å². The van der Waals surface area contributed by atoms with Gasteiger partial charge in [0.2, 0.25) is 0 Å². The number of fused-ring (bicyclic) bond motifs is 1. The number of hydrogen-bond donors (Lipinski definition) is 2. The van der Waals surface area contributed by atoms with Gasteiger partial charge < -0.3 is 10.3 Å². The summed E-state index contributed by atoms with van der Waals surface area (Å²) in [7, 11) is 0. The standard InChI is InChI=1S/C13H13ClN2O/c1-3-6-15-13(17)12-8(2)10-7-9(14)4-5-11(10)16-12/h3-5,7,16H,1,6H2,2H3,(H,15,17). The van der Waals surface area contributed by atoms with Crippen LogP contribution in [0.4, 0.5) is 0 Å². The van der Waals surface area contributed by atoms with Crippen molar-refractivity contribution in [3.8, 4) is 0 Å². The van der Waals surface area contributed by atoms with Crippen LogP contribution in [0.25, 0.3) is 10.9 Å². The van der Waals surface area contributed by atoms with E-state index in [0.717, 1.165) is 16.5 Å². The highest BCUT2D eigenvalue weighted by molar-refractivity contribution is 6.31. The summed E-state index contributed by atoms with van der Waals surface area (Å²) in [6, 6.07) is 5.52. The third-order valence-corrected chi connectivity index (χ3v) is 2.89. The van der Waals surface area contributed by atoms with Crippen molar-refractivity contribution in [1.29, 1.82) is 0 Å². The molecule has 0 radical (unpaired) electrons. The second kappa shape index (κ2) is 4.63. The van der Waals surface area contributed by atoms with Crippen LogP contribution in [0.15, 0.2) is 30.9 Å². The maximum absolute atomic E-state index is 11.9. The van der Waals surface area contributed by atoms with E-state index in [1.54, 1.807) is 12.1 Å². The van der Waals surface area contributed by atoms with Crippen LogP contribution in [0.2, 0.25) is 5.02 Å². The molecule has 2 N–H and O–H groups in total. The number of rotatable bonds is 3. The zero-order valence-corrected chi connectivity index (χ0v) is 10.3. The first-order chi connectivity index (χ1) is 8.13. The molecule has 0 bridgehead atoms. The molecule has 1 aromatic heterocycles. The Balaban J connectivity index is 2.45. The molecule has 17 heavy (non-hydrogen) atoms. The molecule has 1 heterocycles. The van der Waals surface area contributed by atoms with Crippen molar-refractivity contribution in [1.82, 2.24) is 10.3 Å². The summed E-state index contributed by atoms with van der Waals surface area (Å²) in [5, 5.41) is 4.38. The number of hydrogen-bond acceptors (Lipinski definition) is 1. The van der Waals surface area contributed by atoms with Gasteiger partial charge in [-0.05, 0) is 30.7 Å². The van der Waals surface area contributed by atoms with Gasteiger partial charge in [0.1, 0.15) is 5.69 Å². The average Bonchev–Trinajstić information content (AvgIpc) is 2.64. The number of halogens is 1. The maximum Gasteiger partial charge on any atom is 0.268 e. The number of nitrogens with one attached hydrogen (secondary N) is 2. The fourth-order valence-corrected chi connectivity index (χ4v) is 1.95. The smallest absolute Gasteiger partial charge is 0.268 e. The highest BCUT2D eigenvalue weighted by Gasteiger charge is 2.13. The predicted octanol–water partition coefficient (Wildman–Crippen LogP) is 3.05. The van der Waals surface area contributed by atoms with E-state index in [1.165, 1.54) is 0 Å². The lowest BCUT2D eigenvalue weighted by molar-refractivity contribution is 0.0953. The molecule has 1 amide bonds. The second-order valence-electron chi connectivity index (χ2n) is 3.81. The molecular weight excluding hydrogens is 236 g/mol. The molecule has 0 saturated heterocycles. The number of H-pyrrole nitrogens is 1. The van der Waals surface area contributed by atoms with Gasteiger partial charge in [-0.25, -0.2) is 0 Å². The third kappa shape index (κ3) is 2.19. The van der Waals surface area contributed by atoms with E-state index in [2.05, 4.69) is 16.9 Å². The fourth-order valence-electron chi connectivity index (χ4n) is 1.78. The minimum Gasteiger partial charge on any atom is -0.350 e. The van der Waals surface area contributed by atoms with E-state index in [0.29, 0.717) is 17.3 Å². The van der Waals surface area contributed by atoms with Crippen molar-refractivity contribution in [3.63, 3.8) is 0 Å². The molecule has 0 aliphatic rings. The van der Waals surface area contributed by atoms with Crippen LogP contribution in [0.1, 0.15) is 16.1 Å². The molecule has 0 saturated carbocycles. The number of amides is 1. The van der Waals surface area contributed by atoms with Crippen LogP contribution in [0.5, 0.6) is 0 Å². The molecule has 2 aromatic rings. The van der Waals surface area contributed by atoms with Crippen LogP contribution in [-0.2, 0) is 0 Å². The monoisotopic (exact) mass is 248 g/mol. The Labute approximate surface area is 104 Å². The molecule has 88 valence electrons. The minimum atomic E-state index is -0.130. The van der Waals surface area contributed by atoms with Crippen molar-refractivity contribution in [2.24, 2.45) is 0 Å². The topological polar surface area (TPSA) is 44.9 Å². The zero-order chi connectivity index (χ0) is 12.4. The number of carbonyl (C=O) groups is 1. The molecule has 0 spiro atoms. The van der Waals surface area contributed by atoms with Crippen LogP contribution in [0, 0.1) is 6.92 Å². The molecule has 0 atom stereocenters. The van der Waals surface area contributed by atoms with Gasteiger partial charge in [-0.15, -0.1) is 6.58 Å². The van der Waals surface area contributed by atoms with Gasteiger partial charge in [0.25, 0.3) is 5.91 Å². The Kier molecular flexibility index (Phi) is 3.20. The number of aromatic nitrogens is 1. The average molecular weight is 249 g/mol. The van der Waals surface area contributed by atoms with E-state index in [4.69, 9.17) is 11.6 Å². The van der Waals surface area contributed by atoms with Crippen LogP contribution < -0.4 is 5.32 Å². The van der Waals surface area contributed by atoms with Gasteiger partial charge in [0.05, 0.1) is 0 Å². The van der Waals surface area contributed by atoms with Crippen molar-refractivity contribution in [2.75, 3.05) is 6.54 Å². The number of aryl methyl sites for hydroxylation is 1. The van der Waals surface area contributed by atoms with E-state index >= 15 is 0 Å². The largest absolute Gasteiger partial charge is 0.350 e. The summed E-state index contributed by atoms with van der Waals surface area (Å²) in [5.74, 6) is -0.130. The van der Waals surface area contributed by atoms with Crippen molar-refractivity contribution >= 4 is 28.4 Å². The summed E-state index contributed by atoms with van der Waals surface area (Å²) in [6.07, 6.45) is 1.65. The van der Waals surface area contributed by atoms with Gasteiger partial charge in [0, 0.05) is 22.5 Å². The fraction of sp³-hybridized carbons (Fsp3) is 0.154. The molecule has 0 unspecified atom stereocenters. The van der Waals surface area contributed by atoms with E-state index < -0.39 is 0 Å². The van der Waals surface area contributed by atoms with E-state index in [-0.39, 0.29) is 5.91 Å². The van der Waals surface area contributed by atoms with Crippen LogP contribution >= 0.6 is 11.6 Å². The normalized spacial score (nSPS) is 10.5. The Hall–Kier alpha value is -1.74. The predicted molar refractivity (Wildman–Crippen MR) is 70.6 cm³/mol. The van der Waals surface area contributed by atoms with Gasteiger partial charge in [-0.1, -0.05) is 17.7 Å². The highest BCUT2D eigenvalue weighted by atomic mass is 35.5. The Morgan fingerprint density at radius 3 is 3.06 bits per heavy atom. The molecule has 4 heteroatoms. The van der Waals surface area contributed by atoms with Crippen molar-refractivity contribution < 1.29 is 4.79 Å². The van der Waals surface area contributed by atoms with Crippen LogP contribution in [0.3, 0.4) is 0 Å². The van der Waals surface area contributed by atoms with Crippen molar-refractivity contribution in [2.45, 2.75) is 6.92 Å².